The predicted molar refractivity (Wildman–Crippen MR) is 72.9 cm³/mol. The van der Waals surface area contributed by atoms with Gasteiger partial charge in [-0.1, -0.05) is 0 Å². The van der Waals surface area contributed by atoms with Gasteiger partial charge >= 0.3 is 0 Å². The van der Waals surface area contributed by atoms with Gasteiger partial charge in [0.15, 0.2) is 0 Å². The highest BCUT2D eigenvalue weighted by Gasteiger charge is 2.27. The number of nitriles is 1. The number of rotatable bonds is 6. The Hall–Kier alpha value is -2.26. The second-order valence-electron chi connectivity index (χ2n) is 4.40. The highest BCUT2D eigenvalue weighted by Crippen LogP contribution is 2.24. The first-order valence-corrected chi connectivity index (χ1v) is 5.94. The maximum absolute atomic E-state index is 12.2. The maximum Gasteiger partial charge on any atom is 0.256 e. The highest BCUT2D eigenvalue weighted by atomic mass is 16.5. The van der Waals surface area contributed by atoms with Gasteiger partial charge in [-0.15, -0.1) is 0 Å². The Morgan fingerprint density at radius 2 is 2.05 bits per heavy atom. The standard InChI is InChI=1S/C14H18N2O4/c1-14(8-15,9-18-2)16-13(17)11-6-5-10(19-3)7-12(11)20-4/h5-7H,9H2,1-4H3,(H,16,17)/t14-/m0/s1. The number of nitrogens with zero attached hydrogens (tertiary/aromatic N) is 1. The topological polar surface area (TPSA) is 80.6 Å². The Bertz CT molecular complexity index is 524. The first-order valence-electron chi connectivity index (χ1n) is 5.94. The first-order chi connectivity index (χ1) is 9.49. The number of benzene rings is 1. The fourth-order valence-electron chi connectivity index (χ4n) is 1.69. The highest BCUT2D eigenvalue weighted by molar-refractivity contribution is 5.97. The Morgan fingerprint density at radius 3 is 2.55 bits per heavy atom. The molecule has 0 aliphatic rings. The largest absolute Gasteiger partial charge is 0.497 e. The summed E-state index contributed by atoms with van der Waals surface area (Å²) in [6.45, 7) is 1.68. The Labute approximate surface area is 118 Å². The molecule has 1 N–H and O–H groups in total. The van der Waals surface area contributed by atoms with E-state index in [-0.39, 0.29) is 6.61 Å². The number of nitrogens with one attached hydrogen (secondary N) is 1. The number of ether oxygens (including phenoxy) is 3. The average Bonchev–Trinajstić information content (AvgIpc) is 2.46. The van der Waals surface area contributed by atoms with Crippen LogP contribution in [0.25, 0.3) is 0 Å². The van der Waals surface area contributed by atoms with E-state index in [0.29, 0.717) is 17.1 Å². The first kappa shape index (κ1) is 15.8. The van der Waals surface area contributed by atoms with Gasteiger partial charge in [-0.25, -0.2) is 0 Å². The Kier molecular flexibility index (Phi) is 5.35. The van der Waals surface area contributed by atoms with Crippen molar-refractivity contribution in [2.24, 2.45) is 0 Å². The molecule has 20 heavy (non-hydrogen) atoms. The molecule has 108 valence electrons. The molecule has 0 aromatic heterocycles. The molecule has 0 radical (unpaired) electrons. The fourth-order valence-corrected chi connectivity index (χ4v) is 1.69. The van der Waals surface area contributed by atoms with E-state index in [1.807, 2.05) is 6.07 Å². The molecule has 0 saturated carbocycles. The van der Waals surface area contributed by atoms with Crippen molar-refractivity contribution in [3.05, 3.63) is 23.8 Å². The second-order valence-corrected chi connectivity index (χ2v) is 4.40. The molecule has 0 aliphatic heterocycles. The molecule has 0 unspecified atom stereocenters. The molecule has 6 nitrogen and oxygen atoms in total. The van der Waals surface area contributed by atoms with Gasteiger partial charge in [0.2, 0.25) is 0 Å². The third-order valence-corrected chi connectivity index (χ3v) is 2.72. The summed E-state index contributed by atoms with van der Waals surface area (Å²) in [4.78, 5) is 12.2. The van der Waals surface area contributed by atoms with Crippen LogP contribution in [0, 0.1) is 11.3 Å². The molecular formula is C14H18N2O4. The van der Waals surface area contributed by atoms with Gasteiger partial charge in [-0.2, -0.15) is 5.26 Å². The SMILES string of the molecule is COC[C@](C)(C#N)NC(=O)c1ccc(OC)cc1OC. The van der Waals surface area contributed by atoms with Crippen molar-refractivity contribution in [2.45, 2.75) is 12.5 Å². The lowest BCUT2D eigenvalue weighted by Gasteiger charge is -2.22. The maximum atomic E-state index is 12.2. The summed E-state index contributed by atoms with van der Waals surface area (Å²) in [5.41, 5.74) is -0.776. The zero-order valence-electron chi connectivity index (χ0n) is 12.0. The number of carbonyl (C=O) groups is 1. The molecule has 6 heteroatoms. The van der Waals surface area contributed by atoms with Gasteiger partial charge in [0, 0.05) is 13.2 Å². The normalized spacial score (nSPS) is 12.9. The van der Waals surface area contributed by atoms with Crippen LogP contribution in [0.1, 0.15) is 17.3 Å². The fraction of sp³-hybridized carbons (Fsp3) is 0.429. The molecule has 0 fully saturated rings. The van der Waals surface area contributed by atoms with Crippen LogP contribution >= 0.6 is 0 Å². The molecule has 0 aliphatic carbocycles. The molecule has 0 spiro atoms. The van der Waals surface area contributed by atoms with Crippen molar-refractivity contribution < 1.29 is 19.0 Å². The summed E-state index contributed by atoms with van der Waals surface area (Å²) in [5, 5.41) is 11.8. The van der Waals surface area contributed by atoms with Crippen LogP contribution in [0.15, 0.2) is 18.2 Å². The molecule has 0 saturated heterocycles. The van der Waals surface area contributed by atoms with Crippen LogP contribution in [0.3, 0.4) is 0 Å². The minimum atomic E-state index is -1.10. The summed E-state index contributed by atoms with van der Waals surface area (Å²) < 4.78 is 15.2. The van der Waals surface area contributed by atoms with E-state index in [1.54, 1.807) is 25.1 Å². The van der Waals surface area contributed by atoms with Crippen molar-refractivity contribution in [3.8, 4) is 17.6 Å². The average molecular weight is 278 g/mol. The van der Waals surface area contributed by atoms with E-state index in [2.05, 4.69) is 5.32 Å². The van der Waals surface area contributed by atoms with Gasteiger partial charge < -0.3 is 19.5 Å². The summed E-state index contributed by atoms with van der Waals surface area (Å²) >= 11 is 0. The molecule has 0 bridgehead atoms. The zero-order valence-corrected chi connectivity index (χ0v) is 12.0. The Morgan fingerprint density at radius 1 is 1.35 bits per heavy atom. The van der Waals surface area contributed by atoms with Crippen LogP contribution < -0.4 is 14.8 Å². The van der Waals surface area contributed by atoms with Crippen molar-refractivity contribution in [3.63, 3.8) is 0 Å². The van der Waals surface area contributed by atoms with E-state index in [1.165, 1.54) is 21.3 Å². The predicted octanol–water partition coefficient (Wildman–Crippen LogP) is 1.36. The van der Waals surface area contributed by atoms with Gasteiger partial charge in [0.05, 0.1) is 32.5 Å². The molecular weight excluding hydrogens is 260 g/mol. The zero-order chi connectivity index (χ0) is 15.2. The van der Waals surface area contributed by atoms with E-state index in [4.69, 9.17) is 19.5 Å². The van der Waals surface area contributed by atoms with E-state index >= 15 is 0 Å². The van der Waals surface area contributed by atoms with E-state index < -0.39 is 11.4 Å². The summed E-state index contributed by atoms with van der Waals surface area (Å²) in [6, 6.07) is 6.85. The van der Waals surface area contributed by atoms with Crippen molar-refractivity contribution in [1.29, 1.82) is 5.26 Å². The minimum Gasteiger partial charge on any atom is -0.497 e. The minimum absolute atomic E-state index is 0.0910. The quantitative estimate of drug-likeness (QED) is 0.849. The number of hydrogen-bond acceptors (Lipinski definition) is 5. The van der Waals surface area contributed by atoms with Crippen molar-refractivity contribution in [1.82, 2.24) is 5.32 Å². The third kappa shape index (κ3) is 3.62. The van der Waals surface area contributed by atoms with Crippen LogP contribution in [0.5, 0.6) is 11.5 Å². The number of amides is 1. The number of methoxy groups -OCH3 is 3. The summed E-state index contributed by atoms with van der Waals surface area (Å²) in [6.07, 6.45) is 0. The van der Waals surface area contributed by atoms with Crippen LogP contribution in [0.4, 0.5) is 0 Å². The van der Waals surface area contributed by atoms with E-state index in [0.717, 1.165) is 0 Å². The van der Waals surface area contributed by atoms with Crippen LogP contribution in [-0.2, 0) is 4.74 Å². The summed E-state index contributed by atoms with van der Waals surface area (Å²) in [5.74, 6) is 0.545. The number of carbonyl (C=O) groups excluding carboxylic acids is 1. The molecule has 1 atom stereocenters. The van der Waals surface area contributed by atoms with Crippen molar-refractivity contribution in [2.75, 3.05) is 27.9 Å². The van der Waals surface area contributed by atoms with Crippen molar-refractivity contribution >= 4 is 5.91 Å². The monoisotopic (exact) mass is 278 g/mol. The smallest absolute Gasteiger partial charge is 0.256 e. The van der Waals surface area contributed by atoms with Gasteiger partial charge in [0.25, 0.3) is 5.91 Å². The summed E-state index contributed by atoms with van der Waals surface area (Å²) in [7, 11) is 4.46. The van der Waals surface area contributed by atoms with Crippen LogP contribution in [-0.4, -0.2) is 39.4 Å². The third-order valence-electron chi connectivity index (χ3n) is 2.72. The molecule has 1 aromatic rings. The van der Waals surface area contributed by atoms with Gasteiger partial charge in [-0.3, -0.25) is 4.79 Å². The van der Waals surface area contributed by atoms with E-state index in [9.17, 15) is 4.79 Å². The second kappa shape index (κ2) is 6.78. The lowest BCUT2D eigenvalue weighted by Crippen LogP contribution is -2.48. The molecule has 1 aromatic carbocycles. The van der Waals surface area contributed by atoms with Crippen LogP contribution in [0.2, 0.25) is 0 Å². The lowest BCUT2D eigenvalue weighted by atomic mass is 10.0. The lowest BCUT2D eigenvalue weighted by molar-refractivity contribution is 0.0857. The number of hydrogen-bond donors (Lipinski definition) is 1. The molecule has 1 amide bonds. The molecule has 0 heterocycles. The van der Waals surface area contributed by atoms with Gasteiger partial charge in [-0.05, 0) is 19.1 Å². The molecule has 1 rings (SSSR count). The Balaban J connectivity index is 3.01. The van der Waals surface area contributed by atoms with Gasteiger partial charge in [0.1, 0.15) is 17.0 Å².